The first-order valence-electron chi connectivity index (χ1n) is 7.20. The average molecular weight is 249 g/mol. The molecule has 1 nitrogen and oxygen atoms in total. The Morgan fingerprint density at radius 2 is 1.95 bits per heavy atom. The zero-order valence-electron chi connectivity index (χ0n) is 11.6. The number of benzene rings is 1. The Labute approximate surface area is 114 Å². The van der Waals surface area contributed by atoms with Gasteiger partial charge >= 0.3 is 0 Å². The lowest BCUT2D eigenvalue weighted by Crippen LogP contribution is -2.48. The third-order valence-electron chi connectivity index (χ3n) is 5.41. The van der Waals surface area contributed by atoms with Crippen molar-refractivity contribution in [1.82, 2.24) is 4.98 Å². The summed E-state index contributed by atoms with van der Waals surface area (Å²) in [5.41, 5.74) is 5.88. The van der Waals surface area contributed by atoms with Gasteiger partial charge in [0.1, 0.15) is 0 Å². The molecular weight excluding hydrogens is 230 g/mol. The topological polar surface area (TPSA) is 12.9 Å². The third-order valence-corrected chi connectivity index (χ3v) is 5.41. The van der Waals surface area contributed by atoms with E-state index >= 15 is 0 Å². The van der Waals surface area contributed by atoms with Gasteiger partial charge in [-0.1, -0.05) is 44.2 Å². The van der Waals surface area contributed by atoms with Crippen LogP contribution in [-0.2, 0) is 6.42 Å². The molecule has 0 N–H and O–H groups in total. The van der Waals surface area contributed by atoms with Crippen LogP contribution < -0.4 is 0 Å². The summed E-state index contributed by atoms with van der Waals surface area (Å²) in [6.07, 6.45) is 4.74. The lowest BCUT2D eigenvalue weighted by Gasteiger charge is -2.57. The van der Waals surface area contributed by atoms with Crippen LogP contribution in [0.4, 0.5) is 0 Å². The molecule has 0 radical (unpaired) electrons. The molecular formula is C18H19N. The van der Waals surface area contributed by atoms with Gasteiger partial charge in [0.25, 0.3) is 0 Å². The van der Waals surface area contributed by atoms with E-state index in [-0.39, 0.29) is 0 Å². The Morgan fingerprint density at radius 3 is 2.68 bits per heavy atom. The summed E-state index contributed by atoms with van der Waals surface area (Å²) >= 11 is 0. The number of aromatic nitrogens is 1. The molecule has 1 heterocycles. The summed E-state index contributed by atoms with van der Waals surface area (Å²) in [5.74, 6) is 1.61. The smallest absolute Gasteiger partial charge is 0.0704 e. The summed E-state index contributed by atoms with van der Waals surface area (Å²) in [7, 11) is 0. The molecule has 1 heteroatoms. The first-order chi connectivity index (χ1) is 9.16. The molecule has 0 saturated heterocycles. The maximum absolute atomic E-state index is 4.70. The van der Waals surface area contributed by atoms with Gasteiger partial charge in [-0.15, -0.1) is 0 Å². The number of nitrogens with zero attached hydrogens (tertiary/aromatic N) is 1. The first kappa shape index (κ1) is 11.2. The van der Waals surface area contributed by atoms with Crippen molar-refractivity contribution in [3.63, 3.8) is 0 Å². The van der Waals surface area contributed by atoms with Crippen LogP contribution in [0, 0.1) is 11.3 Å². The van der Waals surface area contributed by atoms with Crippen LogP contribution in [0.15, 0.2) is 42.6 Å². The van der Waals surface area contributed by atoms with E-state index in [4.69, 9.17) is 4.98 Å². The fraction of sp³-hybridized carbons (Fsp3) is 0.389. The molecule has 19 heavy (non-hydrogen) atoms. The zero-order chi connectivity index (χ0) is 13.0. The summed E-state index contributed by atoms with van der Waals surface area (Å²) in [5, 5.41) is 0. The molecule has 1 aromatic carbocycles. The van der Waals surface area contributed by atoms with E-state index in [9.17, 15) is 0 Å². The van der Waals surface area contributed by atoms with Gasteiger partial charge in [-0.3, -0.25) is 4.98 Å². The predicted octanol–water partition coefficient (Wildman–Crippen LogP) is 4.43. The Kier molecular flexibility index (Phi) is 2.18. The summed E-state index contributed by atoms with van der Waals surface area (Å²) in [6.45, 7) is 4.83. The Bertz CT molecular complexity index is 627. The highest BCUT2D eigenvalue weighted by molar-refractivity contribution is 5.61. The fourth-order valence-corrected chi connectivity index (χ4v) is 3.92. The van der Waals surface area contributed by atoms with E-state index in [2.05, 4.69) is 56.4 Å². The fourth-order valence-electron chi connectivity index (χ4n) is 3.92. The van der Waals surface area contributed by atoms with Crippen molar-refractivity contribution >= 4 is 0 Å². The van der Waals surface area contributed by atoms with Gasteiger partial charge in [0.15, 0.2) is 0 Å². The molecule has 3 aliphatic carbocycles. The molecule has 0 unspecified atom stereocenters. The minimum absolute atomic E-state index is 0.489. The van der Waals surface area contributed by atoms with Crippen molar-refractivity contribution in [3.05, 3.63) is 53.7 Å². The lowest BCUT2D eigenvalue weighted by molar-refractivity contribution is 0.0183. The minimum Gasteiger partial charge on any atom is -0.256 e. The van der Waals surface area contributed by atoms with Crippen molar-refractivity contribution in [2.75, 3.05) is 0 Å². The monoisotopic (exact) mass is 249 g/mol. The van der Waals surface area contributed by atoms with Gasteiger partial charge in [-0.25, -0.2) is 0 Å². The predicted molar refractivity (Wildman–Crippen MR) is 78.0 cm³/mol. The zero-order valence-corrected chi connectivity index (χ0v) is 11.6. The molecule has 1 saturated carbocycles. The molecule has 2 aromatic rings. The largest absolute Gasteiger partial charge is 0.256 e. The van der Waals surface area contributed by atoms with Gasteiger partial charge in [-0.05, 0) is 47.3 Å². The van der Waals surface area contributed by atoms with Gasteiger partial charge in [0.2, 0.25) is 0 Å². The van der Waals surface area contributed by atoms with Crippen LogP contribution in [0.25, 0.3) is 11.3 Å². The normalized spacial score (nSPS) is 26.4. The van der Waals surface area contributed by atoms with E-state index in [0.717, 1.165) is 17.5 Å². The maximum atomic E-state index is 4.70. The van der Waals surface area contributed by atoms with Crippen LogP contribution >= 0.6 is 0 Å². The molecule has 0 aliphatic heterocycles. The van der Waals surface area contributed by atoms with E-state index in [0.29, 0.717) is 5.41 Å². The molecule has 2 atom stereocenters. The molecule has 0 spiro atoms. The van der Waals surface area contributed by atoms with E-state index in [1.165, 1.54) is 29.5 Å². The maximum Gasteiger partial charge on any atom is 0.0704 e. The number of rotatable bonds is 1. The van der Waals surface area contributed by atoms with Gasteiger partial charge in [0.05, 0.1) is 5.69 Å². The summed E-state index contributed by atoms with van der Waals surface area (Å²) in [6, 6.07) is 12.8. The Balaban J connectivity index is 1.78. The minimum atomic E-state index is 0.489. The quantitative estimate of drug-likeness (QED) is 0.728. The lowest BCUT2D eigenvalue weighted by atomic mass is 9.47. The van der Waals surface area contributed by atoms with Gasteiger partial charge in [0, 0.05) is 11.8 Å². The van der Waals surface area contributed by atoms with Crippen LogP contribution in [-0.4, -0.2) is 4.98 Å². The second kappa shape index (κ2) is 3.69. The molecule has 96 valence electrons. The molecule has 0 amide bonds. The SMILES string of the molecule is CC1(C)[C@@H]2Cc3cc(-c4ccccc4)ncc3[C@H]1C2. The Hall–Kier alpha value is -1.63. The van der Waals surface area contributed by atoms with Crippen molar-refractivity contribution in [3.8, 4) is 11.3 Å². The van der Waals surface area contributed by atoms with Crippen LogP contribution in [0.3, 0.4) is 0 Å². The second-order valence-electron chi connectivity index (χ2n) is 6.65. The average Bonchev–Trinajstić information content (AvgIpc) is 2.46. The van der Waals surface area contributed by atoms with Crippen molar-refractivity contribution < 1.29 is 0 Å². The summed E-state index contributed by atoms with van der Waals surface area (Å²) < 4.78 is 0. The van der Waals surface area contributed by atoms with Crippen molar-refractivity contribution in [1.29, 1.82) is 0 Å². The summed E-state index contributed by atoms with van der Waals surface area (Å²) in [4.78, 5) is 4.70. The Morgan fingerprint density at radius 1 is 1.16 bits per heavy atom. The van der Waals surface area contributed by atoms with E-state index in [1.54, 1.807) is 0 Å². The molecule has 2 bridgehead atoms. The van der Waals surface area contributed by atoms with Crippen LogP contribution in [0.2, 0.25) is 0 Å². The highest BCUT2D eigenvalue weighted by Gasteiger charge is 2.52. The standard InChI is InChI=1S/C18H19N/c1-18(2)14-8-13-9-17(12-6-4-3-5-7-12)19-11-15(13)16(18)10-14/h3-7,9,11,14,16H,8,10H2,1-2H3/t14-,16-/m1/s1. The van der Waals surface area contributed by atoms with Crippen LogP contribution in [0.5, 0.6) is 0 Å². The number of pyridine rings is 1. The van der Waals surface area contributed by atoms with Gasteiger partial charge < -0.3 is 0 Å². The van der Waals surface area contributed by atoms with Crippen molar-refractivity contribution in [2.24, 2.45) is 11.3 Å². The van der Waals surface area contributed by atoms with Crippen LogP contribution in [0.1, 0.15) is 37.3 Å². The highest BCUT2D eigenvalue weighted by atomic mass is 14.7. The van der Waals surface area contributed by atoms with Gasteiger partial charge in [-0.2, -0.15) is 0 Å². The molecule has 5 rings (SSSR count). The highest BCUT2D eigenvalue weighted by Crippen LogP contribution is 2.62. The second-order valence-corrected chi connectivity index (χ2v) is 6.65. The number of hydrogen-bond acceptors (Lipinski definition) is 1. The molecule has 1 aromatic heterocycles. The molecule has 3 aliphatic rings. The van der Waals surface area contributed by atoms with E-state index < -0.39 is 0 Å². The first-order valence-corrected chi connectivity index (χ1v) is 7.20. The van der Waals surface area contributed by atoms with E-state index in [1.807, 2.05) is 0 Å². The van der Waals surface area contributed by atoms with Crippen molar-refractivity contribution in [2.45, 2.75) is 32.6 Å². The third kappa shape index (κ3) is 1.51. The number of hydrogen-bond donors (Lipinski definition) is 0. The molecule has 1 fully saturated rings.